The van der Waals surface area contributed by atoms with Gasteiger partial charge >= 0.3 is 11.9 Å². The summed E-state index contributed by atoms with van der Waals surface area (Å²) in [6.07, 6.45) is 0. The van der Waals surface area contributed by atoms with Crippen LogP contribution in [0.3, 0.4) is 0 Å². The maximum absolute atomic E-state index is 12.2. The number of fused-ring (bicyclic) bond motifs is 1. The van der Waals surface area contributed by atoms with E-state index in [1.807, 2.05) is 20.8 Å². The molecule has 6 nitrogen and oxygen atoms in total. The Morgan fingerprint density at radius 1 is 0.800 bits per heavy atom. The summed E-state index contributed by atoms with van der Waals surface area (Å²) in [5.74, 6) is -0.484. The first kappa shape index (κ1) is 33.8. The van der Waals surface area contributed by atoms with Crippen LogP contribution in [0.5, 0.6) is 0 Å². The fourth-order valence-electron chi connectivity index (χ4n) is 5.30. The molecule has 0 radical (unpaired) electrons. The number of thiophene rings is 1. The van der Waals surface area contributed by atoms with Gasteiger partial charge in [0.1, 0.15) is 13.2 Å². The Labute approximate surface area is 272 Å². The van der Waals surface area contributed by atoms with E-state index in [0.717, 1.165) is 24.5 Å². The number of hydrogen-bond acceptors (Lipinski definition) is 7. The second-order valence-corrected chi connectivity index (χ2v) is 13.2. The maximum atomic E-state index is 12.2. The van der Waals surface area contributed by atoms with Crippen LogP contribution in [0.25, 0.3) is 10.1 Å². The average Bonchev–Trinajstić information content (AvgIpc) is 3.45. The van der Waals surface area contributed by atoms with Crippen LogP contribution in [-0.2, 0) is 19.1 Å². The van der Waals surface area contributed by atoms with E-state index in [-0.39, 0.29) is 17.9 Å². The number of anilines is 2. The largest absolute Gasteiger partial charge is 0.463 e. The van der Waals surface area contributed by atoms with Gasteiger partial charge in [0, 0.05) is 40.7 Å². The first-order chi connectivity index (χ1) is 21.5. The van der Waals surface area contributed by atoms with Gasteiger partial charge in [-0.2, -0.15) is 0 Å². The number of ether oxygens (including phenoxy) is 2. The molecule has 0 saturated carbocycles. The first-order valence-electron chi connectivity index (χ1n) is 15.7. The monoisotopic (exact) mass is 626 g/mol. The fraction of sp³-hybridized carbons (Fsp3) is 0.368. The lowest BCUT2D eigenvalue weighted by molar-refractivity contribution is -0.152. The molecule has 45 heavy (non-hydrogen) atoms. The minimum atomic E-state index is -0.508. The minimum absolute atomic E-state index is 0.0543. The van der Waals surface area contributed by atoms with Gasteiger partial charge in [-0.3, -0.25) is 4.79 Å². The molecule has 0 saturated heterocycles. The van der Waals surface area contributed by atoms with Crippen LogP contribution in [0, 0.1) is 5.41 Å². The summed E-state index contributed by atoms with van der Waals surface area (Å²) in [6.45, 7) is 18.7. The fourth-order valence-corrected chi connectivity index (χ4v) is 6.29. The number of carbonyl (C=O) groups is 2. The topological polar surface area (TPSA) is 59.1 Å². The Balaban J connectivity index is 1.58. The lowest BCUT2D eigenvalue weighted by Crippen LogP contribution is -2.30. The second kappa shape index (κ2) is 15.3. The van der Waals surface area contributed by atoms with Crippen molar-refractivity contribution >= 4 is 44.7 Å². The molecular weight excluding hydrogens is 580 g/mol. The van der Waals surface area contributed by atoms with Gasteiger partial charge in [0.2, 0.25) is 0 Å². The summed E-state index contributed by atoms with van der Waals surface area (Å²) in [4.78, 5) is 28.5. The molecule has 4 rings (SSSR count). The van der Waals surface area contributed by atoms with Gasteiger partial charge in [-0.25, -0.2) is 4.79 Å². The Bertz CT molecular complexity index is 1580. The highest BCUT2D eigenvalue weighted by Gasteiger charge is 2.24. The maximum Gasteiger partial charge on any atom is 0.333 e. The van der Waals surface area contributed by atoms with Gasteiger partial charge in [0.05, 0.1) is 18.5 Å². The van der Waals surface area contributed by atoms with Crippen molar-refractivity contribution in [1.82, 2.24) is 0 Å². The summed E-state index contributed by atoms with van der Waals surface area (Å²) in [7, 11) is 0. The zero-order valence-electron chi connectivity index (χ0n) is 27.5. The molecule has 238 valence electrons. The minimum Gasteiger partial charge on any atom is -0.463 e. The molecule has 3 aromatic carbocycles. The SMILES string of the molecule is C=C(C)C(=O)OCCN(CC)c1ccc(C(c2ccc(N(CC)CCOC(=O)C(C)(C)C)cc2)c2csc3ccccc23)cc1. The number of carbonyl (C=O) groups excluding carboxylic acids is 2. The Morgan fingerprint density at radius 2 is 1.31 bits per heavy atom. The van der Waals surface area contributed by atoms with Crippen LogP contribution in [-0.4, -0.2) is 51.3 Å². The molecule has 1 atom stereocenters. The zero-order valence-corrected chi connectivity index (χ0v) is 28.3. The highest BCUT2D eigenvalue weighted by molar-refractivity contribution is 7.17. The van der Waals surface area contributed by atoms with Crippen molar-refractivity contribution in [1.29, 1.82) is 0 Å². The van der Waals surface area contributed by atoms with Crippen LogP contribution in [0.1, 0.15) is 64.2 Å². The van der Waals surface area contributed by atoms with Gasteiger partial charge in [0.15, 0.2) is 0 Å². The molecule has 0 N–H and O–H groups in total. The van der Waals surface area contributed by atoms with Crippen molar-refractivity contribution in [2.45, 2.75) is 47.5 Å². The molecule has 0 bridgehead atoms. The summed E-state index contributed by atoms with van der Waals surface area (Å²) in [5.41, 5.74) is 5.80. The number of nitrogens with zero attached hydrogens (tertiary/aromatic N) is 2. The van der Waals surface area contributed by atoms with Gasteiger partial charge in [-0.15, -0.1) is 11.3 Å². The Kier molecular flexibility index (Phi) is 11.5. The molecule has 0 fully saturated rings. The number of hydrogen-bond donors (Lipinski definition) is 0. The molecular formula is C38H46N2O4S. The number of esters is 2. The lowest BCUT2D eigenvalue weighted by Gasteiger charge is -2.26. The molecule has 1 unspecified atom stereocenters. The van der Waals surface area contributed by atoms with E-state index in [1.54, 1.807) is 18.3 Å². The summed E-state index contributed by atoms with van der Waals surface area (Å²) < 4.78 is 12.2. The molecule has 0 aliphatic rings. The molecule has 1 heterocycles. The van der Waals surface area contributed by atoms with Crippen molar-refractivity contribution < 1.29 is 19.1 Å². The van der Waals surface area contributed by atoms with E-state index in [0.29, 0.717) is 31.9 Å². The number of rotatable bonds is 14. The van der Waals surface area contributed by atoms with Gasteiger partial charge in [-0.1, -0.05) is 49.0 Å². The van der Waals surface area contributed by atoms with Crippen molar-refractivity contribution in [3.63, 3.8) is 0 Å². The highest BCUT2D eigenvalue weighted by atomic mass is 32.1. The number of likely N-dealkylation sites (N-methyl/N-ethyl adjacent to an activating group) is 2. The standard InChI is InChI=1S/C38H46N2O4S/c1-8-39(22-24-43-36(41)27(3)4)30-18-14-28(15-19-30)35(33-26-45-34-13-11-10-12-32(33)34)29-16-20-31(21-17-29)40(9-2)23-25-44-37(42)38(5,6)7/h10-21,26,35H,3,8-9,22-25H2,1-2,4-7H3. The second-order valence-electron chi connectivity index (χ2n) is 12.3. The molecule has 4 aromatic rings. The van der Waals surface area contributed by atoms with Crippen LogP contribution in [0.4, 0.5) is 11.4 Å². The van der Waals surface area contributed by atoms with Crippen LogP contribution < -0.4 is 9.80 Å². The molecule has 0 aliphatic heterocycles. The summed E-state index contributed by atoms with van der Waals surface area (Å²) in [5, 5.41) is 3.55. The molecule has 0 amide bonds. The van der Waals surface area contributed by atoms with Crippen molar-refractivity contribution in [2.75, 3.05) is 49.2 Å². The third-order valence-corrected chi connectivity index (χ3v) is 8.90. The Hall–Kier alpha value is -4.10. The van der Waals surface area contributed by atoms with Gasteiger partial charge < -0.3 is 19.3 Å². The van der Waals surface area contributed by atoms with Crippen LogP contribution in [0.2, 0.25) is 0 Å². The average molecular weight is 627 g/mol. The molecule has 1 aromatic heterocycles. The van der Waals surface area contributed by atoms with E-state index in [1.165, 1.54) is 26.8 Å². The zero-order chi connectivity index (χ0) is 32.6. The highest BCUT2D eigenvalue weighted by Crippen LogP contribution is 2.40. The third-order valence-electron chi connectivity index (χ3n) is 7.92. The summed E-state index contributed by atoms with van der Waals surface area (Å²) >= 11 is 1.78. The van der Waals surface area contributed by atoms with Gasteiger partial charge in [-0.05, 0) is 99.3 Å². The number of benzene rings is 3. The van der Waals surface area contributed by atoms with Gasteiger partial charge in [0.25, 0.3) is 0 Å². The van der Waals surface area contributed by atoms with E-state index in [2.05, 4.69) is 108 Å². The lowest BCUT2D eigenvalue weighted by atomic mass is 9.85. The summed E-state index contributed by atoms with van der Waals surface area (Å²) in [6, 6.07) is 26.1. The third kappa shape index (κ3) is 8.54. The van der Waals surface area contributed by atoms with Crippen LogP contribution >= 0.6 is 11.3 Å². The predicted octanol–water partition coefficient (Wildman–Crippen LogP) is 8.44. The first-order valence-corrected chi connectivity index (χ1v) is 16.6. The van der Waals surface area contributed by atoms with E-state index < -0.39 is 5.41 Å². The smallest absolute Gasteiger partial charge is 0.333 e. The van der Waals surface area contributed by atoms with E-state index in [9.17, 15) is 9.59 Å². The van der Waals surface area contributed by atoms with Crippen LogP contribution in [0.15, 0.2) is 90.3 Å². The van der Waals surface area contributed by atoms with Crippen molar-refractivity contribution in [3.8, 4) is 0 Å². The van der Waals surface area contributed by atoms with Crippen molar-refractivity contribution in [3.05, 3.63) is 107 Å². The molecule has 7 heteroatoms. The van der Waals surface area contributed by atoms with Crippen molar-refractivity contribution in [2.24, 2.45) is 5.41 Å². The normalized spacial score (nSPS) is 12.0. The quantitative estimate of drug-likeness (QED) is 0.103. The molecule has 0 aliphatic carbocycles. The van der Waals surface area contributed by atoms with E-state index >= 15 is 0 Å². The predicted molar refractivity (Wildman–Crippen MR) is 188 cm³/mol. The van der Waals surface area contributed by atoms with E-state index in [4.69, 9.17) is 9.47 Å². The molecule has 0 spiro atoms. The Morgan fingerprint density at radius 3 is 1.80 bits per heavy atom.